The zero-order valence-electron chi connectivity index (χ0n) is 8.96. The average Bonchev–Trinajstić information content (AvgIpc) is 2.50. The van der Waals surface area contributed by atoms with Crippen LogP contribution in [0.25, 0.3) is 0 Å². The molecule has 1 saturated carbocycles. The van der Waals surface area contributed by atoms with Gasteiger partial charge in [0.25, 0.3) is 0 Å². The summed E-state index contributed by atoms with van der Waals surface area (Å²) >= 11 is 0. The zero-order chi connectivity index (χ0) is 9.31. The van der Waals surface area contributed by atoms with Crippen LogP contribution in [0.4, 0.5) is 0 Å². The Morgan fingerprint density at radius 2 is 1.79 bits per heavy atom. The van der Waals surface area contributed by atoms with Crippen molar-refractivity contribution in [1.82, 2.24) is 5.32 Å². The topological polar surface area (TPSA) is 32.3 Å². The van der Waals surface area contributed by atoms with Gasteiger partial charge in [0.15, 0.2) is 0 Å². The highest BCUT2D eigenvalue weighted by atomic mass is 35.5. The molecule has 1 heterocycles. The Bertz CT molecular complexity index is 182. The molecule has 2 atom stereocenters. The van der Waals surface area contributed by atoms with E-state index in [9.17, 15) is 5.11 Å². The van der Waals surface area contributed by atoms with Crippen molar-refractivity contribution in [3.05, 3.63) is 0 Å². The number of nitrogens with one attached hydrogen (secondary N) is 1. The fourth-order valence-electron chi connectivity index (χ4n) is 3.01. The van der Waals surface area contributed by atoms with E-state index < -0.39 is 0 Å². The van der Waals surface area contributed by atoms with E-state index in [0.717, 1.165) is 13.0 Å². The fraction of sp³-hybridized carbons (Fsp3) is 1.00. The van der Waals surface area contributed by atoms with Gasteiger partial charge in [-0.2, -0.15) is 0 Å². The molecule has 0 amide bonds. The highest BCUT2D eigenvalue weighted by Gasteiger charge is 2.43. The second kappa shape index (κ2) is 4.82. The molecule has 1 saturated heterocycles. The molecule has 1 aliphatic carbocycles. The number of hydrogen-bond acceptors (Lipinski definition) is 2. The highest BCUT2D eigenvalue weighted by Crippen LogP contribution is 2.37. The van der Waals surface area contributed by atoms with Gasteiger partial charge < -0.3 is 10.4 Å². The molecule has 3 heteroatoms. The van der Waals surface area contributed by atoms with Crippen LogP contribution >= 0.6 is 12.4 Å². The standard InChI is InChI=1S/C11H21NO.ClH/c1-11(10(13)7-8-12-11)9-5-3-2-4-6-9;/h9-10,12-13H,2-8H2,1H3;1H. The van der Waals surface area contributed by atoms with Gasteiger partial charge in [-0.1, -0.05) is 19.3 Å². The summed E-state index contributed by atoms with van der Waals surface area (Å²) in [6.07, 6.45) is 7.54. The summed E-state index contributed by atoms with van der Waals surface area (Å²) in [5, 5.41) is 13.4. The monoisotopic (exact) mass is 219 g/mol. The van der Waals surface area contributed by atoms with E-state index in [1.807, 2.05) is 0 Å². The summed E-state index contributed by atoms with van der Waals surface area (Å²) in [6.45, 7) is 3.20. The van der Waals surface area contributed by atoms with Crippen LogP contribution in [0, 0.1) is 5.92 Å². The maximum absolute atomic E-state index is 9.94. The molecule has 2 rings (SSSR count). The minimum atomic E-state index is -0.115. The Balaban J connectivity index is 0.000000980. The lowest BCUT2D eigenvalue weighted by Gasteiger charge is -2.39. The number of aliphatic hydroxyl groups is 1. The summed E-state index contributed by atoms with van der Waals surface area (Å²) in [5.41, 5.74) is 0.0282. The fourth-order valence-corrected chi connectivity index (χ4v) is 3.01. The highest BCUT2D eigenvalue weighted by molar-refractivity contribution is 5.85. The first-order valence-corrected chi connectivity index (χ1v) is 5.66. The van der Waals surface area contributed by atoms with Gasteiger partial charge in [-0.05, 0) is 38.6 Å². The van der Waals surface area contributed by atoms with Crippen LogP contribution in [-0.4, -0.2) is 23.3 Å². The van der Waals surface area contributed by atoms with Gasteiger partial charge in [0.2, 0.25) is 0 Å². The van der Waals surface area contributed by atoms with Gasteiger partial charge in [0.1, 0.15) is 0 Å². The lowest BCUT2D eigenvalue weighted by Crippen LogP contribution is -2.51. The maximum Gasteiger partial charge on any atom is 0.0733 e. The molecule has 2 aliphatic rings. The molecule has 0 aromatic carbocycles. The zero-order valence-corrected chi connectivity index (χ0v) is 9.78. The van der Waals surface area contributed by atoms with E-state index in [-0.39, 0.29) is 24.0 Å². The van der Waals surface area contributed by atoms with Crippen molar-refractivity contribution in [1.29, 1.82) is 0 Å². The van der Waals surface area contributed by atoms with Gasteiger partial charge in [0.05, 0.1) is 6.10 Å². The lowest BCUT2D eigenvalue weighted by molar-refractivity contribution is 0.0530. The van der Waals surface area contributed by atoms with Crippen molar-refractivity contribution in [2.75, 3.05) is 6.54 Å². The second-order valence-corrected chi connectivity index (χ2v) is 4.85. The predicted octanol–water partition coefficient (Wildman–Crippen LogP) is 2.10. The van der Waals surface area contributed by atoms with E-state index in [1.165, 1.54) is 32.1 Å². The van der Waals surface area contributed by atoms with Crippen molar-refractivity contribution >= 4 is 12.4 Å². The third-order valence-corrected chi connectivity index (χ3v) is 4.07. The molecule has 14 heavy (non-hydrogen) atoms. The summed E-state index contributed by atoms with van der Waals surface area (Å²) in [7, 11) is 0. The summed E-state index contributed by atoms with van der Waals surface area (Å²) in [6, 6.07) is 0. The van der Waals surface area contributed by atoms with Gasteiger partial charge in [-0.25, -0.2) is 0 Å². The third kappa shape index (κ3) is 2.07. The molecular formula is C11H22ClNO. The van der Waals surface area contributed by atoms with Crippen LogP contribution in [0.15, 0.2) is 0 Å². The lowest BCUT2D eigenvalue weighted by atomic mass is 9.74. The van der Waals surface area contributed by atoms with Gasteiger partial charge >= 0.3 is 0 Å². The minimum absolute atomic E-state index is 0. The first kappa shape index (κ1) is 12.3. The molecule has 1 aliphatic heterocycles. The molecule has 0 spiro atoms. The first-order chi connectivity index (χ1) is 6.23. The smallest absolute Gasteiger partial charge is 0.0733 e. The molecule has 2 nitrogen and oxygen atoms in total. The van der Waals surface area contributed by atoms with Crippen molar-refractivity contribution in [2.45, 2.75) is 57.1 Å². The maximum atomic E-state index is 9.94. The van der Waals surface area contributed by atoms with E-state index in [4.69, 9.17) is 0 Å². The quantitative estimate of drug-likeness (QED) is 0.708. The molecule has 2 unspecified atom stereocenters. The summed E-state index contributed by atoms with van der Waals surface area (Å²) < 4.78 is 0. The van der Waals surface area contributed by atoms with Crippen LogP contribution in [-0.2, 0) is 0 Å². The molecule has 0 radical (unpaired) electrons. The van der Waals surface area contributed by atoms with Crippen LogP contribution in [0.3, 0.4) is 0 Å². The number of aliphatic hydroxyl groups excluding tert-OH is 1. The van der Waals surface area contributed by atoms with E-state index in [1.54, 1.807) is 0 Å². The van der Waals surface area contributed by atoms with Crippen molar-refractivity contribution in [3.63, 3.8) is 0 Å². The summed E-state index contributed by atoms with van der Waals surface area (Å²) in [4.78, 5) is 0. The SMILES string of the molecule is CC1(C2CCCCC2)NCCC1O.Cl. The van der Waals surface area contributed by atoms with E-state index in [2.05, 4.69) is 12.2 Å². The van der Waals surface area contributed by atoms with Crippen LogP contribution in [0.2, 0.25) is 0 Å². The molecule has 2 N–H and O–H groups in total. The number of rotatable bonds is 1. The Kier molecular flexibility index (Phi) is 4.23. The minimum Gasteiger partial charge on any atom is -0.391 e. The first-order valence-electron chi connectivity index (χ1n) is 5.66. The summed E-state index contributed by atoms with van der Waals surface area (Å²) in [5.74, 6) is 0.707. The largest absolute Gasteiger partial charge is 0.391 e. The Hall–Kier alpha value is 0.210. The van der Waals surface area contributed by atoms with Crippen molar-refractivity contribution < 1.29 is 5.11 Å². The normalized spacial score (nSPS) is 39.4. The van der Waals surface area contributed by atoms with Crippen molar-refractivity contribution in [3.8, 4) is 0 Å². The van der Waals surface area contributed by atoms with Crippen LogP contribution < -0.4 is 5.32 Å². The average molecular weight is 220 g/mol. The third-order valence-electron chi connectivity index (χ3n) is 4.07. The molecule has 0 bridgehead atoms. The molecule has 0 aromatic rings. The Labute approximate surface area is 92.9 Å². The van der Waals surface area contributed by atoms with Gasteiger partial charge in [-0.15, -0.1) is 12.4 Å². The van der Waals surface area contributed by atoms with Crippen LogP contribution in [0.1, 0.15) is 45.4 Å². The Morgan fingerprint density at radius 1 is 1.14 bits per heavy atom. The molecule has 0 aromatic heterocycles. The van der Waals surface area contributed by atoms with E-state index in [0.29, 0.717) is 5.92 Å². The Morgan fingerprint density at radius 3 is 2.29 bits per heavy atom. The number of hydrogen-bond donors (Lipinski definition) is 2. The second-order valence-electron chi connectivity index (χ2n) is 4.85. The van der Waals surface area contributed by atoms with Crippen molar-refractivity contribution in [2.24, 2.45) is 5.92 Å². The van der Waals surface area contributed by atoms with E-state index >= 15 is 0 Å². The van der Waals surface area contributed by atoms with Gasteiger partial charge in [-0.3, -0.25) is 0 Å². The predicted molar refractivity (Wildman–Crippen MR) is 60.9 cm³/mol. The van der Waals surface area contributed by atoms with Crippen LogP contribution in [0.5, 0.6) is 0 Å². The molecule has 84 valence electrons. The molecule has 2 fully saturated rings. The number of halogens is 1. The van der Waals surface area contributed by atoms with Gasteiger partial charge in [0, 0.05) is 5.54 Å². The molecular weight excluding hydrogens is 198 g/mol.